The van der Waals surface area contributed by atoms with E-state index in [4.69, 9.17) is 0 Å². The summed E-state index contributed by atoms with van der Waals surface area (Å²) in [6.45, 7) is 9.01. The van der Waals surface area contributed by atoms with Gasteiger partial charge < -0.3 is 10.2 Å². The molecule has 1 fully saturated rings. The van der Waals surface area contributed by atoms with Crippen molar-refractivity contribution in [1.29, 1.82) is 0 Å². The van der Waals surface area contributed by atoms with E-state index in [0.29, 0.717) is 0 Å². The molecule has 3 heteroatoms. The van der Waals surface area contributed by atoms with Gasteiger partial charge in [0, 0.05) is 19.6 Å². The molecule has 1 rings (SSSR count). The van der Waals surface area contributed by atoms with Crippen molar-refractivity contribution in [1.82, 2.24) is 10.2 Å². The largest absolute Gasteiger partial charge is 0.337 e. The van der Waals surface area contributed by atoms with Crippen LogP contribution < -0.4 is 5.32 Å². The van der Waals surface area contributed by atoms with Crippen LogP contribution in [-0.4, -0.2) is 30.6 Å². The van der Waals surface area contributed by atoms with Crippen LogP contribution in [0.3, 0.4) is 0 Å². The lowest BCUT2D eigenvalue weighted by molar-refractivity contribution is 0.195. The van der Waals surface area contributed by atoms with Gasteiger partial charge in [-0.15, -0.1) is 0 Å². The molecule has 0 atom stereocenters. The van der Waals surface area contributed by atoms with Gasteiger partial charge in [0.2, 0.25) is 0 Å². The molecule has 0 saturated carbocycles. The molecule has 1 aliphatic rings. The molecule has 15 heavy (non-hydrogen) atoms. The minimum atomic E-state index is 0.117. The molecule has 0 spiro atoms. The zero-order valence-corrected chi connectivity index (χ0v) is 10.3. The maximum Gasteiger partial charge on any atom is 0.317 e. The lowest BCUT2D eigenvalue weighted by Crippen LogP contribution is -2.43. The normalized spacial score (nSPS) is 18.5. The number of nitrogens with zero attached hydrogens (tertiary/aromatic N) is 1. The summed E-state index contributed by atoms with van der Waals surface area (Å²) in [4.78, 5) is 13.8. The highest BCUT2D eigenvalue weighted by atomic mass is 16.2. The topological polar surface area (TPSA) is 32.3 Å². The Morgan fingerprint density at radius 3 is 2.13 bits per heavy atom. The van der Waals surface area contributed by atoms with Gasteiger partial charge in [-0.25, -0.2) is 4.79 Å². The number of carbonyl (C=O) groups excluding carboxylic acids is 1. The third-order valence-corrected chi connectivity index (χ3v) is 2.66. The van der Waals surface area contributed by atoms with Crippen LogP contribution in [0.4, 0.5) is 4.79 Å². The summed E-state index contributed by atoms with van der Waals surface area (Å²) in [5.74, 6) is 0. The van der Waals surface area contributed by atoms with Crippen LogP contribution in [0.2, 0.25) is 0 Å². The van der Waals surface area contributed by atoms with Crippen LogP contribution in [0.15, 0.2) is 0 Å². The number of hydrogen-bond donors (Lipinski definition) is 1. The summed E-state index contributed by atoms with van der Waals surface area (Å²) in [6, 6.07) is 0.117. The highest BCUT2D eigenvalue weighted by Crippen LogP contribution is 2.12. The van der Waals surface area contributed by atoms with E-state index in [-0.39, 0.29) is 11.4 Å². The predicted molar refractivity (Wildman–Crippen MR) is 62.9 cm³/mol. The van der Waals surface area contributed by atoms with Crippen LogP contribution in [-0.2, 0) is 0 Å². The average molecular weight is 212 g/mol. The third kappa shape index (κ3) is 5.05. The monoisotopic (exact) mass is 212 g/mol. The number of carbonyl (C=O) groups is 1. The van der Waals surface area contributed by atoms with Crippen molar-refractivity contribution < 1.29 is 4.79 Å². The number of likely N-dealkylation sites (tertiary alicyclic amines) is 1. The fraction of sp³-hybridized carbons (Fsp3) is 0.917. The second-order valence-corrected chi connectivity index (χ2v) is 5.62. The number of amides is 2. The average Bonchev–Trinajstić information content (AvgIpc) is 2.41. The van der Waals surface area contributed by atoms with Crippen molar-refractivity contribution in [2.45, 2.75) is 46.5 Å². The first-order chi connectivity index (χ1) is 6.99. The minimum absolute atomic E-state index is 0.117. The van der Waals surface area contributed by atoms with Crippen LogP contribution in [0.1, 0.15) is 46.5 Å². The number of hydrogen-bond acceptors (Lipinski definition) is 1. The third-order valence-electron chi connectivity index (χ3n) is 2.66. The molecule has 1 aliphatic heterocycles. The number of nitrogens with one attached hydrogen (secondary N) is 1. The van der Waals surface area contributed by atoms with Crippen molar-refractivity contribution in [3.63, 3.8) is 0 Å². The van der Waals surface area contributed by atoms with Crippen LogP contribution in [0, 0.1) is 5.41 Å². The predicted octanol–water partition coefficient (Wildman–Crippen LogP) is 2.62. The van der Waals surface area contributed by atoms with Gasteiger partial charge in [-0.05, 0) is 18.3 Å². The molecule has 2 amide bonds. The quantitative estimate of drug-likeness (QED) is 0.712. The second kappa shape index (κ2) is 5.38. The van der Waals surface area contributed by atoms with E-state index in [1.165, 1.54) is 12.8 Å². The van der Waals surface area contributed by atoms with E-state index in [1.807, 2.05) is 4.90 Å². The SMILES string of the molecule is CC(C)(C)CNC(=O)N1CCCCCC1. The van der Waals surface area contributed by atoms with E-state index in [9.17, 15) is 4.79 Å². The number of urea groups is 1. The van der Waals surface area contributed by atoms with Crippen LogP contribution in [0.25, 0.3) is 0 Å². The smallest absolute Gasteiger partial charge is 0.317 e. The van der Waals surface area contributed by atoms with Gasteiger partial charge in [-0.2, -0.15) is 0 Å². The van der Waals surface area contributed by atoms with E-state index in [0.717, 1.165) is 32.5 Å². The Labute approximate surface area is 93.2 Å². The summed E-state index contributed by atoms with van der Waals surface area (Å²) < 4.78 is 0. The van der Waals surface area contributed by atoms with Gasteiger partial charge in [0.1, 0.15) is 0 Å². The fourth-order valence-corrected chi connectivity index (χ4v) is 1.73. The summed E-state index contributed by atoms with van der Waals surface area (Å²) in [6.07, 6.45) is 4.85. The highest BCUT2D eigenvalue weighted by molar-refractivity contribution is 5.74. The Bertz CT molecular complexity index is 200. The molecule has 0 radical (unpaired) electrons. The Morgan fingerprint density at radius 2 is 1.67 bits per heavy atom. The maximum absolute atomic E-state index is 11.8. The maximum atomic E-state index is 11.8. The molecular formula is C12H24N2O. The van der Waals surface area contributed by atoms with Gasteiger partial charge >= 0.3 is 6.03 Å². The standard InChI is InChI=1S/C12H24N2O/c1-12(2,3)10-13-11(15)14-8-6-4-5-7-9-14/h4-10H2,1-3H3,(H,13,15). The summed E-state index contributed by atoms with van der Waals surface area (Å²) >= 11 is 0. The molecule has 0 aromatic carbocycles. The zero-order chi connectivity index (χ0) is 11.3. The van der Waals surface area contributed by atoms with Gasteiger partial charge in [-0.1, -0.05) is 33.6 Å². The van der Waals surface area contributed by atoms with Crippen molar-refractivity contribution in [2.75, 3.05) is 19.6 Å². The lowest BCUT2D eigenvalue weighted by atomic mass is 9.97. The summed E-state index contributed by atoms with van der Waals surface area (Å²) in [7, 11) is 0. The highest BCUT2D eigenvalue weighted by Gasteiger charge is 2.17. The second-order valence-electron chi connectivity index (χ2n) is 5.62. The van der Waals surface area contributed by atoms with Gasteiger partial charge in [0.15, 0.2) is 0 Å². The first-order valence-electron chi connectivity index (χ1n) is 6.02. The molecular weight excluding hydrogens is 188 g/mol. The molecule has 1 saturated heterocycles. The summed E-state index contributed by atoms with van der Waals surface area (Å²) in [5, 5.41) is 3.01. The van der Waals surface area contributed by atoms with Crippen molar-refractivity contribution >= 4 is 6.03 Å². The molecule has 1 heterocycles. The summed E-state index contributed by atoms with van der Waals surface area (Å²) in [5.41, 5.74) is 0.168. The van der Waals surface area contributed by atoms with Crippen molar-refractivity contribution in [2.24, 2.45) is 5.41 Å². The molecule has 88 valence electrons. The zero-order valence-electron chi connectivity index (χ0n) is 10.3. The van der Waals surface area contributed by atoms with Crippen LogP contribution >= 0.6 is 0 Å². The molecule has 0 unspecified atom stereocenters. The van der Waals surface area contributed by atoms with E-state index < -0.39 is 0 Å². The first-order valence-corrected chi connectivity index (χ1v) is 6.02. The molecule has 0 bridgehead atoms. The van der Waals surface area contributed by atoms with E-state index >= 15 is 0 Å². The first kappa shape index (κ1) is 12.3. The van der Waals surface area contributed by atoms with Gasteiger partial charge in [0.25, 0.3) is 0 Å². The Hall–Kier alpha value is -0.730. The van der Waals surface area contributed by atoms with E-state index in [2.05, 4.69) is 26.1 Å². The molecule has 0 aromatic heterocycles. The van der Waals surface area contributed by atoms with Gasteiger partial charge in [0.05, 0.1) is 0 Å². The molecule has 0 aromatic rings. The van der Waals surface area contributed by atoms with Crippen molar-refractivity contribution in [3.05, 3.63) is 0 Å². The van der Waals surface area contributed by atoms with Crippen LogP contribution in [0.5, 0.6) is 0 Å². The van der Waals surface area contributed by atoms with Gasteiger partial charge in [-0.3, -0.25) is 0 Å². The molecule has 3 nitrogen and oxygen atoms in total. The lowest BCUT2D eigenvalue weighted by Gasteiger charge is -2.24. The Balaban J connectivity index is 2.32. The molecule has 0 aliphatic carbocycles. The Morgan fingerprint density at radius 1 is 1.13 bits per heavy atom. The number of rotatable bonds is 1. The fourth-order valence-electron chi connectivity index (χ4n) is 1.73. The van der Waals surface area contributed by atoms with E-state index in [1.54, 1.807) is 0 Å². The minimum Gasteiger partial charge on any atom is -0.337 e. The Kier molecular flexibility index (Phi) is 4.43. The molecule has 1 N–H and O–H groups in total. The van der Waals surface area contributed by atoms with Crippen molar-refractivity contribution in [3.8, 4) is 0 Å².